The molecule has 0 radical (unpaired) electrons. The van der Waals surface area contributed by atoms with Crippen molar-refractivity contribution in [3.63, 3.8) is 0 Å². The molecule has 5 nitrogen and oxygen atoms in total. The Kier molecular flexibility index (Phi) is 12.9. The van der Waals surface area contributed by atoms with Crippen LogP contribution in [0.3, 0.4) is 0 Å². The molecule has 1 saturated heterocycles. The summed E-state index contributed by atoms with van der Waals surface area (Å²) in [6, 6.07) is 4.41. The molecule has 232 valence electrons. The second kappa shape index (κ2) is 15.5. The Morgan fingerprint density at radius 3 is 2.44 bits per heavy atom. The van der Waals surface area contributed by atoms with E-state index in [4.69, 9.17) is 24.1 Å². The van der Waals surface area contributed by atoms with Crippen LogP contribution in [-0.2, 0) is 13.5 Å². The van der Waals surface area contributed by atoms with Crippen molar-refractivity contribution in [2.24, 2.45) is 11.3 Å². The number of allylic oxidation sites excluding steroid dienone is 3. The van der Waals surface area contributed by atoms with Gasteiger partial charge in [0.1, 0.15) is 0 Å². The quantitative estimate of drug-likeness (QED) is 0.112. The molecule has 0 spiro atoms. The number of rotatable bonds is 9. The molecule has 1 saturated carbocycles. The average molecular weight is 694 g/mol. The fraction of sp³-hybridized carbons (Fsp3) is 0.636. The van der Waals surface area contributed by atoms with Crippen molar-refractivity contribution in [1.82, 2.24) is 4.90 Å². The summed E-state index contributed by atoms with van der Waals surface area (Å²) in [6.45, 7) is 17.4. The van der Waals surface area contributed by atoms with Crippen LogP contribution in [0.2, 0.25) is 0 Å². The fourth-order valence-electron chi connectivity index (χ4n) is 6.91. The average Bonchev–Trinajstić information content (AvgIpc) is 3.21. The van der Waals surface area contributed by atoms with Gasteiger partial charge in [-0.25, -0.2) is 6.54 Å². The molecular weight excluding hydrogens is 644 g/mol. The van der Waals surface area contributed by atoms with E-state index in [-0.39, 0.29) is 11.2 Å². The number of nitrogens with zero attached hydrogens (tertiary/aromatic N) is 2. The van der Waals surface area contributed by atoms with Gasteiger partial charge in [0.15, 0.2) is 0 Å². The van der Waals surface area contributed by atoms with Gasteiger partial charge in [-0.1, -0.05) is 71.3 Å². The second-order valence-corrected chi connectivity index (χ2v) is 18.1. The molecule has 0 unspecified atom stereocenters. The van der Waals surface area contributed by atoms with Gasteiger partial charge in [0.25, 0.3) is 0 Å². The number of hydrogen-bond donors (Lipinski definition) is 0. The van der Waals surface area contributed by atoms with Gasteiger partial charge in [-0.2, -0.15) is 0 Å². The Bertz CT molecular complexity index is 1150. The molecule has 1 aromatic rings. The first kappa shape index (κ1) is 34.3. The van der Waals surface area contributed by atoms with Gasteiger partial charge in [0.2, 0.25) is 0 Å². The van der Waals surface area contributed by atoms with Gasteiger partial charge in [-0.05, 0) is 50.7 Å². The Hall–Kier alpha value is -1.23. The van der Waals surface area contributed by atoms with Crippen LogP contribution in [0.1, 0.15) is 118 Å². The number of likely N-dealkylation sites (tertiary alicyclic amines) is 1. The zero-order valence-electron chi connectivity index (χ0n) is 25.8. The van der Waals surface area contributed by atoms with Crippen LogP contribution in [0.4, 0.5) is 5.69 Å². The number of hydrogen-bond acceptors (Lipinski definition) is 4. The monoisotopic (exact) mass is 693 g/mol. The van der Waals surface area contributed by atoms with Gasteiger partial charge < -0.3 is 4.90 Å². The van der Waals surface area contributed by atoms with Gasteiger partial charge in [0.05, 0.1) is 0 Å². The maximum absolute atomic E-state index is 10.7. The summed E-state index contributed by atoms with van der Waals surface area (Å²) in [6.07, 6.45) is 16.8. The molecule has 41 heavy (non-hydrogen) atoms. The molecule has 4 rings (SSSR count). The van der Waals surface area contributed by atoms with Gasteiger partial charge >= 0.3 is 112 Å². The van der Waals surface area contributed by atoms with Crippen LogP contribution in [0.15, 0.2) is 41.1 Å². The molecule has 0 N–H and O–H groups in total. The first-order chi connectivity index (χ1) is 19.5. The Balaban J connectivity index is 0.000000241. The molecule has 1 atom stereocenters. The van der Waals surface area contributed by atoms with Crippen molar-refractivity contribution in [3.8, 4) is 5.75 Å². The van der Waals surface area contributed by atoms with Crippen LogP contribution in [0.5, 0.6) is 5.75 Å². The molecular formula is C33H49Cl2N2O3Ru-. The summed E-state index contributed by atoms with van der Waals surface area (Å²) in [4.78, 5) is 12.9. The second-order valence-electron chi connectivity index (χ2n) is 12.4. The number of halogens is 2. The van der Waals surface area contributed by atoms with Crippen molar-refractivity contribution < 1.29 is 23.2 Å². The van der Waals surface area contributed by atoms with E-state index in [0.29, 0.717) is 23.3 Å². The summed E-state index contributed by atoms with van der Waals surface area (Å²) in [5, 5.41) is 10.7. The molecule has 8 heteroatoms. The van der Waals surface area contributed by atoms with E-state index in [9.17, 15) is 10.1 Å². The first-order valence-corrected chi connectivity index (χ1v) is 20.7. The van der Waals surface area contributed by atoms with Crippen LogP contribution >= 0.6 is 19.4 Å². The predicted octanol–water partition coefficient (Wildman–Crippen LogP) is 10.5. The van der Waals surface area contributed by atoms with Crippen LogP contribution in [0.25, 0.3) is 0 Å². The molecule has 2 aliphatic carbocycles. The molecule has 1 heterocycles. The van der Waals surface area contributed by atoms with Crippen molar-refractivity contribution in [2.75, 3.05) is 6.61 Å². The summed E-state index contributed by atoms with van der Waals surface area (Å²) in [7, 11) is 11.6. The SMILES string of the molecule is CCC1=CCCC(CC)=C1N1[CH-][C@@](C)(C2CCCCC2)CC1(C)C.CCCOc1ccc([N+](=O)[O-])cc1[CH]=[Ru]([Cl])[Cl]. The normalized spacial score (nSPS) is 23.0. The molecule has 0 aromatic heterocycles. The van der Waals surface area contributed by atoms with Crippen molar-refractivity contribution in [3.05, 3.63) is 63.3 Å². The zero-order valence-corrected chi connectivity index (χ0v) is 29.0. The fourth-order valence-corrected chi connectivity index (χ4v) is 8.70. The number of non-ortho nitro benzene ring substituents is 1. The van der Waals surface area contributed by atoms with Gasteiger partial charge in [-0.3, -0.25) is 0 Å². The van der Waals surface area contributed by atoms with Crippen LogP contribution in [-0.4, -0.2) is 26.6 Å². The number of ether oxygens (including phenoxy) is 1. The van der Waals surface area contributed by atoms with E-state index < -0.39 is 18.4 Å². The Morgan fingerprint density at radius 2 is 1.85 bits per heavy atom. The predicted molar refractivity (Wildman–Crippen MR) is 170 cm³/mol. The summed E-state index contributed by atoms with van der Waals surface area (Å²) in [5.41, 5.74) is 6.09. The van der Waals surface area contributed by atoms with Crippen LogP contribution in [0, 0.1) is 28.0 Å². The molecule has 3 aliphatic rings. The van der Waals surface area contributed by atoms with Crippen LogP contribution < -0.4 is 4.74 Å². The van der Waals surface area contributed by atoms with Crippen molar-refractivity contribution in [1.29, 1.82) is 0 Å². The van der Waals surface area contributed by atoms with Crippen molar-refractivity contribution >= 4 is 29.7 Å². The maximum atomic E-state index is 10.7. The summed E-state index contributed by atoms with van der Waals surface area (Å²) in [5.74, 6) is 1.47. The molecule has 1 aliphatic heterocycles. The van der Waals surface area contributed by atoms with Gasteiger partial charge in [-0.15, -0.1) is 5.41 Å². The Morgan fingerprint density at radius 1 is 1.15 bits per heavy atom. The summed E-state index contributed by atoms with van der Waals surface area (Å²) >= 11 is -2.03. The zero-order chi connectivity index (χ0) is 30.2. The van der Waals surface area contributed by atoms with E-state index >= 15 is 0 Å². The molecule has 2 fully saturated rings. The van der Waals surface area contributed by atoms with E-state index in [1.54, 1.807) is 27.5 Å². The molecule has 0 amide bonds. The standard InChI is InChI=1S/C23H38N.C10H11NO3.2ClH.Ru/c1-6-18-12-11-13-19(7-2)21(18)24-17-23(5,16-22(24,3)4)20-14-9-8-10-15-20;1-3-6-14-10-5-4-9(11(12)13)7-8(10)2;;;/h12,17,20H,6-11,13-16H2,1-5H3;2,4-5,7H,3,6H2,1H3;2*1H;/q-1;;;;+2/p-2/t23-;;;;/m0..../s1. The van der Waals surface area contributed by atoms with E-state index in [1.807, 2.05) is 6.92 Å². The van der Waals surface area contributed by atoms with E-state index in [2.05, 4.69) is 52.1 Å². The third-order valence-corrected chi connectivity index (χ3v) is 10.6. The van der Waals surface area contributed by atoms with Crippen molar-refractivity contribution in [2.45, 2.75) is 118 Å². The topological polar surface area (TPSA) is 55.6 Å². The van der Waals surface area contributed by atoms with Gasteiger partial charge in [0, 0.05) is 11.2 Å². The Labute approximate surface area is 261 Å². The number of nitro groups is 1. The number of nitro benzene ring substituents is 1. The van der Waals surface area contributed by atoms with E-state index in [0.717, 1.165) is 12.3 Å². The minimum atomic E-state index is -2.03. The third kappa shape index (κ3) is 8.90. The number of benzene rings is 1. The molecule has 0 bridgehead atoms. The molecule has 1 aromatic carbocycles. The minimum absolute atomic E-state index is 0.00356. The first-order valence-electron chi connectivity index (χ1n) is 15.3. The van der Waals surface area contributed by atoms with E-state index in [1.165, 1.54) is 76.3 Å². The summed E-state index contributed by atoms with van der Waals surface area (Å²) < 4.78 is 7.12. The third-order valence-electron chi connectivity index (χ3n) is 8.80.